The highest BCUT2D eigenvalue weighted by Gasteiger charge is 2.18. The summed E-state index contributed by atoms with van der Waals surface area (Å²) in [6, 6.07) is 3.05. The third kappa shape index (κ3) is 2.14. The van der Waals surface area contributed by atoms with Gasteiger partial charge < -0.3 is 14.8 Å². The zero-order chi connectivity index (χ0) is 11.5. The van der Waals surface area contributed by atoms with Crippen molar-refractivity contribution in [3.05, 3.63) is 33.7 Å². The van der Waals surface area contributed by atoms with Crippen LogP contribution in [0.4, 0.5) is 0 Å². The predicted octanol–water partition coefficient (Wildman–Crippen LogP) is 0.967. The van der Waals surface area contributed by atoms with Gasteiger partial charge in [-0.2, -0.15) is 0 Å². The molecule has 1 aliphatic rings. The van der Waals surface area contributed by atoms with Crippen LogP contribution in [0.2, 0.25) is 0 Å². The maximum Gasteiger partial charge on any atom is 0.341 e. The second kappa shape index (κ2) is 4.49. The first-order chi connectivity index (χ1) is 7.68. The van der Waals surface area contributed by atoms with E-state index in [2.05, 4.69) is 4.98 Å². The fourth-order valence-corrected chi connectivity index (χ4v) is 1.90. The lowest BCUT2D eigenvalue weighted by atomic mass is 9.96. The van der Waals surface area contributed by atoms with E-state index in [1.54, 1.807) is 6.07 Å². The van der Waals surface area contributed by atoms with Crippen LogP contribution in [0.5, 0.6) is 0 Å². The van der Waals surface area contributed by atoms with Crippen LogP contribution in [0.15, 0.2) is 16.9 Å². The molecule has 2 N–H and O–H groups in total. The van der Waals surface area contributed by atoms with Gasteiger partial charge in [0, 0.05) is 24.8 Å². The van der Waals surface area contributed by atoms with Crippen LogP contribution < -0.4 is 5.56 Å². The summed E-state index contributed by atoms with van der Waals surface area (Å²) >= 11 is 0. The molecule has 1 saturated heterocycles. The van der Waals surface area contributed by atoms with Gasteiger partial charge in [0.25, 0.3) is 5.56 Å². The third-order valence-electron chi connectivity index (χ3n) is 2.82. The van der Waals surface area contributed by atoms with E-state index in [4.69, 9.17) is 9.84 Å². The number of nitrogens with one attached hydrogen (secondary N) is 1. The molecule has 1 fully saturated rings. The van der Waals surface area contributed by atoms with Gasteiger partial charge in [-0.25, -0.2) is 4.79 Å². The average molecular weight is 223 g/mol. The van der Waals surface area contributed by atoms with Crippen LogP contribution in [0, 0.1) is 0 Å². The van der Waals surface area contributed by atoms with Gasteiger partial charge in [0.15, 0.2) is 0 Å². The Morgan fingerprint density at radius 2 is 2.06 bits per heavy atom. The number of carbonyl (C=O) groups is 1. The van der Waals surface area contributed by atoms with Crippen LogP contribution in [0.1, 0.15) is 34.8 Å². The van der Waals surface area contributed by atoms with Gasteiger partial charge in [0.1, 0.15) is 5.56 Å². The SMILES string of the molecule is O=C(O)c1ccc(C2CCOCC2)[nH]c1=O. The molecule has 1 aliphatic heterocycles. The monoisotopic (exact) mass is 223 g/mol. The quantitative estimate of drug-likeness (QED) is 0.782. The molecule has 1 aromatic heterocycles. The zero-order valence-corrected chi connectivity index (χ0v) is 8.73. The first-order valence-corrected chi connectivity index (χ1v) is 5.23. The second-order valence-electron chi connectivity index (χ2n) is 3.85. The van der Waals surface area contributed by atoms with Gasteiger partial charge in [-0.15, -0.1) is 0 Å². The molecule has 0 atom stereocenters. The number of pyridine rings is 1. The maximum absolute atomic E-state index is 11.5. The van der Waals surface area contributed by atoms with E-state index in [9.17, 15) is 9.59 Å². The highest BCUT2D eigenvalue weighted by Crippen LogP contribution is 2.24. The molecule has 0 aromatic carbocycles. The fourth-order valence-electron chi connectivity index (χ4n) is 1.90. The number of hydrogen-bond acceptors (Lipinski definition) is 3. The van der Waals surface area contributed by atoms with Crippen molar-refractivity contribution in [3.8, 4) is 0 Å². The molecule has 0 unspecified atom stereocenters. The molecular formula is C11H13NO4. The van der Waals surface area contributed by atoms with E-state index >= 15 is 0 Å². The molecule has 0 radical (unpaired) electrons. The van der Waals surface area contributed by atoms with Gasteiger partial charge in [0.2, 0.25) is 0 Å². The summed E-state index contributed by atoms with van der Waals surface area (Å²) in [5.41, 5.74) is 0.0607. The van der Waals surface area contributed by atoms with Crippen molar-refractivity contribution in [2.45, 2.75) is 18.8 Å². The Morgan fingerprint density at radius 1 is 1.38 bits per heavy atom. The summed E-state index contributed by atoms with van der Waals surface area (Å²) < 4.78 is 5.23. The van der Waals surface area contributed by atoms with Crippen LogP contribution >= 0.6 is 0 Å². The van der Waals surface area contributed by atoms with Gasteiger partial charge in [-0.05, 0) is 25.0 Å². The largest absolute Gasteiger partial charge is 0.477 e. The topological polar surface area (TPSA) is 79.4 Å². The summed E-state index contributed by atoms with van der Waals surface area (Å²) in [6.45, 7) is 1.38. The lowest BCUT2D eigenvalue weighted by Gasteiger charge is -2.21. The average Bonchev–Trinajstić information content (AvgIpc) is 2.29. The van der Waals surface area contributed by atoms with Crippen LogP contribution in [-0.2, 0) is 4.74 Å². The highest BCUT2D eigenvalue weighted by atomic mass is 16.5. The highest BCUT2D eigenvalue weighted by molar-refractivity contribution is 5.86. The number of carboxylic acids is 1. The molecule has 86 valence electrons. The molecular weight excluding hydrogens is 210 g/mol. The summed E-state index contributed by atoms with van der Waals surface area (Å²) in [6.07, 6.45) is 1.73. The van der Waals surface area contributed by atoms with Crippen LogP contribution in [-0.4, -0.2) is 29.3 Å². The number of carboxylic acid groups (broad SMARTS) is 1. The van der Waals surface area contributed by atoms with Crippen molar-refractivity contribution in [2.24, 2.45) is 0 Å². The van der Waals surface area contributed by atoms with Crippen molar-refractivity contribution < 1.29 is 14.6 Å². The fraction of sp³-hybridized carbons (Fsp3) is 0.455. The minimum atomic E-state index is -1.19. The Hall–Kier alpha value is -1.62. The van der Waals surface area contributed by atoms with Crippen molar-refractivity contribution >= 4 is 5.97 Å². The van der Waals surface area contributed by atoms with Gasteiger partial charge in [-0.1, -0.05) is 0 Å². The predicted molar refractivity (Wildman–Crippen MR) is 56.8 cm³/mol. The first kappa shape index (κ1) is 10.9. The van der Waals surface area contributed by atoms with Crippen LogP contribution in [0.25, 0.3) is 0 Å². The molecule has 0 spiro atoms. The second-order valence-corrected chi connectivity index (χ2v) is 3.85. The molecule has 2 rings (SSSR count). The molecule has 5 heteroatoms. The van der Waals surface area contributed by atoms with E-state index in [-0.39, 0.29) is 11.5 Å². The smallest absolute Gasteiger partial charge is 0.341 e. The minimum absolute atomic E-state index is 0.212. The molecule has 0 aliphatic carbocycles. The molecule has 16 heavy (non-hydrogen) atoms. The van der Waals surface area contributed by atoms with Crippen molar-refractivity contribution in [1.29, 1.82) is 0 Å². The third-order valence-corrected chi connectivity index (χ3v) is 2.82. The Morgan fingerprint density at radius 3 is 2.62 bits per heavy atom. The summed E-state index contributed by atoms with van der Waals surface area (Å²) in [7, 11) is 0. The lowest BCUT2D eigenvalue weighted by Crippen LogP contribution is -2.22. The Bertz CT molecular complexity index is 446. The van der Waals surface area contributed by atoms with Gasteiger partial charge >= 0.3 is 5.97 Å². The molecule has 1 aromatic rings. The number of aromatic carboxylic acids is 1. The zero-order valence-electron chi connectivity index (χ0n) is 8.73. The minimum Gasteiger partial charge on any atom is -0.477 e. The Labute approximate surface area is 92.1 Å². The normalized spacial score (nSPS) is 17.2. The Balaban J connectivity index is 2.26. The Kier molecular flexibility index (Phi) is 3.05. The number of aromatic nitrogens is 1. The molecule has 0 saturated carbocycles. The number of hydrogen-bond donors (Lipinski definition) is 2. The molecule has 0 amide bonds. The summed E-state index contributed by atoms with van der Waals surface area (Å²) in [4.78, 5) is 24.8. The molecule has 2 heterocycles. The maximum atomic E-state index is 11.5. The molecule has 5 nitrogen and oxygen atoms in total. The number of aromatic amines is 1. The summed E-state index contributed by atoms with van der Waals surface area (Å²) in [5, 5.41) is 8.73. The van der Waals surface area contributed by atoms with Crippen molar-refractivity contribution in [1.82, 2.24) is 4.98 Å². The van der Waals surface area contributed by atoms with E-state index in [1.165, 1.54) is 6.07 Å². The van der Waals surface area contributed by atoms with Crippen molar-refractivity contribution in [3.63, 3.8) is 0 Å². The van der Waals surface area contributed by atoms with Crippen molar-refractivity contribution in [2.75, 3.05) is 13.2 Å². The van der Waals surface area contributed by atoms with E-state index in [1.807, 2.05) is 0 Å². The van der Waals surface area contributed by atoms with E-state index < -0.39 is 11.5 Å². The number of ether oxygens (including phenoxy) is 1. The summed E-state index contributed by atoms with van der Waals surface area (Å²) in [5.74, 6) is -0.927. The molecule has 0 bridgehead atoms. The standard InChI is InChI=1S/C11H13NO4/c13-10-8(11(14)15)1-2-9(12-10)7-3-5-16-6-4-7/h1-2,7H,3-6H2,(H,12,13)(H,14,15). The lowest BCUT2D eigenvalue weighted by molar-refractivity contribution is 0.0694. The van der Waals surface area contributed by atoms with Gasteiger partial charge in [0.05, 0.1) is 0 Å². The van der Waals surface area contributed by atoms with E-state index in [0.717, 1.165) is 18.5 Å². The van der Waals surface area contributed by atoms with E-state index in [0.29, 0.717) is 13.2 Å². The number of rotatable bonds is 2. The first-order valence-electron chi connectivity index (χ1n) is 5.23. The van der Waals surface area contributed by atoms with Crippen LogP contribution in [0.3, 0.4) is 0 Å². The number of H-pyrrole nitrogens is 1. The van der Waals surface area contributed by atoms with Gasteiger partial charge in [-0.3, -0.25) is 4.79 Å².